The van der Waals surface area contributed by atoms with Crippen LogP contribution in [0.25, 0.3) is 0 Å². The number of amides is 1. The van der Waals surface area contributed by atoms with E-state index >= 15 is 0 Å². The fourth-order valence-corrected chi connectivity index (χ4v) is 1.52. The first-order valence-corrected chi connectivity index (χ1v) is 6.09. The van der Waals surface area contributed by atoms with E-state index in [0.717, 1.165) is 11.3 Å². The summed E-state index contributed by atoms with van der Waals surface area (Å²) in [6.45, 7) is 2.58. The summed E-state index contributed by atoms with van der Waals surface area (Å²) in [6.07, 6.45) is 0. The van der Waals surface area contributed by atoms with Crippen molar-refractivity contribution in [2.75, 3.05) is 11.9 Å². The van der Waals surface area contributed by atoms with Crippen molar-refractivity contribution in [2.45, 2.75) is 13.5 Å². The highest BCUT2D eigenvalue weighted by Crippen LogP contribution is 2.00. The molecule has 0 fully saturated rings. The summed E-state index contributed by atoms with van der Waals surface area (Å²) in [4.78, 5) is 11.6. The predicted molar refractivity (Wildman–Crippen MR) is 73.5 cm³/mol. The van der Waals surface area contributed by atoms with Gasteiger partial charge in [-0.3, -0.25) is 4.79 Å². The SMILES string of the molecule is Cc1ccc(NCC(=O)NCc2ccccc2)nn1. The number of carbonyl (C=O) groups excluding carboxylic acids is 1. The summed E-state index contributed by atoms with van der Waals surface area (Å²) in [6, 6.07) is 13.4. The molecule has 1 amide bonds. The molecule has 2 aromatic rings. The summed E-state index contributed by atoms with van der Waals surface area (Å²) in [5.74, 6) is 0.520. The topological polar surface area (TPSA) is 66.9 Å². The number of rotatable bonds is 5. The lowest BCUT2D eigenvalue weighted by atomic mass is 10.2. The molecule has 1 heterocycles. The third-order valence-corrected chi connectivity index (χ3v) is 2.56. The summed E-state index contributed by atoms with van der Waals surface area (Å²) < 4.78 is 0. The maximum atomic E-state index is 11.6. The molecule has 19 heavy (non-hydrogen) atoms. The number of nitrogens with one attached hydrogen (secondary N) is 2. The van der Waals surface area contributed by atoms with E-state index in [2.05, 4.69) is 20.8 Å². The van der Waals surface area contributed by atoms with Gasteiger partial charge in [0.1, 0.15) is 5.82 Å². The second kappa shape index (κ2) is 6.49. The van der Waals surface area contributed by atoms with Crippen LogP contribution in [0, 0.1) is 6.92 Å². The quantitative estimate of drug-likeness (QED) is 0.851. The van der Waals surface area contributed by atoms with Gasteiger partial charge in [0.15, 0.2) is 0 Å². The van der Waals surface area contributed by atoms with Gasteiger partial charge in [-0.2, -0.15) is 5.10 Å². The average molecular weight is 256 g/mol. The summed E-state index contributed by atoms with van der Waals surface area (Å²) >= 11 is 0. The van der Waals surface area contributed by atoms with Gasteiger partial charge in [0.25, 0.3) is 0 Å². The van der Waals surface area contributed by atoms with E-state index in [9.17, 15) is 4.79 Å². The first-order valence-electron chi connectivity index (χ1n) is 6.09. The second-order valence-electron chi connectivity index (χ2n) is 4.18. The first kappa shape index (κ1) is 13.0. The fraction of sp³-hybridized carbons (Fsp3) is 0.214. The van der Waals surface area contributed by atoms with Crippen LogP contribution in [-0.4, -0.2) is 22.6 Å². The lowest BCUT2D eigenvalue weighted by Gasteiger charge is -2.07. The van der Waals surface area contributed by atoms with Crippen LogP contribution >= 0.6 is 0 Å². The largest absolute Gasteiger partial charge is 0.360 e. The molecule has 2 rings (SSSR count). The number of hydrogen-bond donors (Lipinski definition) is 2. The Balaban J connectivity index is 1.74. The molecule has 5 nitrogen and oxygen atoms in total. The van der Waals surface area contributed by atoms with E-state index in [1.165, 1.54) is 0 Å². The Morgan fingerprint density at radius 2 is 1.89 bits per heavy atom. The van der Waals surface area contributed by atoms with Crippen molar-refractivity contribution in [2.24, 2.45) is 0 Å². The number of carbonyl (C=O) groups is 1. The zero-order valence-corrected chi connectivity index (χ0v) is 10.8. The molecule has 1 aromatic carbocycles. The Kier molecular flexibility index (Phi) is 4.44. The first-order chi connectivity index (χ1) is 9.24. The Labute approximate surface area is 112 Å². The normalized spacial score (nSPS) is 9.95. The van der Waals surface area contributed by atoms with E-state index in [1.54, 1.807) is 6.07 Å². The number of hydrogen-bond acceptors (Lipinski definition) is 4. The molecular weight excluding hydrogens is 240 g/mol. The van der Waals surface area contributed by atoms with Crippen LogP contribution < -0.4 is 10.6 Å². The lowest BCUT2D eigenvalue weighted by molar-refractivity contribution is -0.119. The minimum atomic E-state index is -0.0776. The van der Waals surface area contributed by atoms with Crippen LogP contribution in [0.15, 0.2) is 42.5 Å². The van der Waals surface area contributed by atoms with E-state index in [-0.39, 0.29) is 12.5 Å². The number of aryl methyl sites for hydroxylation is 1. The summed E-state index contributed by atoms with van der Waals surface area (Å²) in [5.41, 5.74) is 1.92. The maximum absolute atomic E-state index is 11.6. The van der Waals surface area contributed by atoms with Gasteiger partial charge in [0.05, 0.1) is 12.2 Å². The smallest absolute Gasteiger partial charge is 0.239 e. The van der Waals surface area contributed by atoms with Gasteiger partial charge >= 0.3 is 0 Å². The zero-order valence-electron chi connectivity index (χ0n) is 10.8. The van der Waals surface area contributed by atoms with Crippen LogP contribution in [0.5, 0.6) is 0 Å². The molecule has 0 spiro atoms. The molecule has 0 radical (unpaired) electrons. The molecule has 0 bridgehead atoms. The van der Waals surface area contributed by atoms with Crippen molar-refractivity contribution < 1.29 is 4.79 Å². The second-order valence-corrected chi connectivity index (χ2v) is 4.18. The minimum Gasteiger partial charge on any atom is -0.360 e. The molecule has 2 N–H and O–H groups in total. The standard InChI is InChI=1S/C14H16N4O/c1-11-7-8-13(18-17-11)15-10-14(19)16-9-12-5-3-2-4-6-12/h2-8H,9-10H2,1H3,(H,15,18)(H,16,19). The van der Waals surface area contributed by atoms with E-state index in [1.807, 2.05) is 43.3 Å². The Bertz CT molecular complexity index is 525. The molecule has 0 aliphatic carbocycles. The van der Waals surface area contributed by atoms with Gasteiger partial charge in [0.2, 0.25) is 5.91 Å². The molecule has 0 unspecified atom stereocenters. The Hall–Kier alpha value is -2.43. The summed E-state index contributed by atoms with van der Waals surface area (Å²) in [5, 5.41) is 13.6. The van der Waals surface area contributed by atoms with Gasteiger partial charge in [-0.15, -0.1) is 5.10 Å². The molecule has 5 heteroatoms. The molecule has 0 aliphatic rings. The van der Waals surface area contributed by atoms with Crippen molar-refractivity contribution in [3.05, 3.63) is 53.7 Å². The molecular formula is C14H16N4O. The van der Waals surface area contributed by atoms with Crippen molar-refractivity contribution in [3.8, 4) is 0 Å². The highest BCUT2D eigenvalue weighted by Gasteiger charge is 2.01. The number of anilines is 1. The van der Waals surface area contributed by atoms with Crippen LogP contribution in [-0.2, 0) is 11.3 Å². The molecule has 1 aromatic heterocycles. The number of benzene rings is 1. The van der Waals surface area contributed by atoms with Crippen molar-refractivity contribution in [3.63, 3.8) is 0 Å². The van der Waals surface area contributed by atoms with E-state index in [4.69, 9.17) is 0 Å². The molecule has 0 aliphatic heterocycles. The minimum absolute atomic E-state index is 0.0776. The zero-order chi connectivity index (χ0) is 13.5. The highest BCUT2D eigenvalue weighted by molar-refractivity contribution is 5.80. The molecule has 0 saturated carbocycles. The van der Waals surface area contributed by atoms with E-state index < -0.39 is 0 Å². The number of nitrogens with zero attached hydrogens (tertiary/aromatic N) is 2. The van der Waals surface area contributed by atoms with Gasteiger partial charge < -0.3 is 10.6 Å². The van der Waals surface area contributed by atoms with Crippen molar-refractivity contribution >= 4 is 11.7 Å². The van der Waals surface area contributed by atoms with Crippen LogP contribution in [0.3, 0.4) is 0 Å². The molecule has 0 saturated heterocycles. The van der Waals surface area contributed by atoms with Gasteiger partial charge in [-0.1, -0.05) is 30.3 Å². The third-order valence-electron chi connectivity index (χ3n) is 2.56. The monoisotopic (exact) mass is 256 g/mol. The van der Waals surface area contributed by atoms with Gasteiger partial charge in [0, 0.05) is 6.54 Å². The highest BCUT2D eigenvalue weighted by atomic mass is 16.1. The van der Waals surface area contributed by atoms with E-state index in [0.29, 0.717) is 12.4 Å². The third kappa shape index (κ3) is 4.39. The predicted octanol–water partition coefficient (Wildman–Crippen LogP) is 1.51. The lowest BCUT2D eigenvalue weighted by Crippen LogP contribution is -2.29. The van der Waals surface area contributed by atoms with Crippen LogP contribution in [0.1, 0.15) is 11.3 Å². The van der Waals surface area contributed by atoms with Crippen LogP contribution in [0.2, 0.25) is 0 Å². The van der Waals surface area contributed by atoms with Crippen molar-refractivity contribution in [1.82, 2.24) is 15.5 Å². The fourth-order valence-electron chi connectivity index (χ4n) is 1.52. The van der Waals surface area contributed by atoms with Gasteiger partial charge in [-0.25, -0.2) is 0 Å². The van der Waals surface area contributed by atoms with Crippen molar-refractivity contribution in [1.29, 1.82) is 0 Å². The molecule has 98 valence electrons. The Morgan fingerprint density at radius 3 is 2.58 bits per heavy atom. The average Bonchev–Trinajstić information content (AvgIpc) is 2.45. The van der Waals surface area contributed by atoms with Gasteiger partial charge in [-0.05, 0) is 24.6 Å². The summed E-state index contributed by atoms with van der Waals surface area (Å²) in [7, 11) is 0. The van der Waals surface area contributed by atoms with Crippen LogP contribution in [0.4, 0.5) is 5.82 Å². The molecule has 0 atom stereocenters. The Morgan fingerprint density at radius 1 is 1.11 bits per heavy atom. The maximum Gasteiger partial charge on any atom is 0.239 e. The number of aromatic nitrogens is 2.